The van der Waals surface area contributed by atoms with Gasteiger partial charge >= 0.3 is 6.47 Å². The van der Waals surface area contributed by atoms with Crippen molar-refractivity contribution >= 4 is 6.47 Å². The molecule has 0 amide bonds. The highest BCUT2D eigenvalue weighted by Crippen LogP contribution is 2.11. The molecule has 0 aliphatic heterocycles. The van der Waals surface area contributed by atoms with Crippen molar-refractivity contribution in [3.05, 3.63) is 0 Å². The van der Waals surface area contributed by atoms with Crippen molar-refractivity contribution in [1.29, 1.82) is 0 Å². The lowest BCUT2D eigenvalue weighted by atomic mass is 10.1. The third-order valence-corrected chi connectivity index (χ3v) is 3.19. The van der Waals surface area contributed by atoms with E-state index in [4.69, 9.17) is 0 Å². The molecule has 0 saturated heterocycles. The molecule has 0 N–H and O–H groups in total. The highest BCUT2D eigenvalue weighted by atomic mass is 17.2. The summed E-state index contributed by atoms with van der Waals surface area (Å²) in [6.45, 7) is 3.10. The number of unbranched alkanes of at least 4 members (excludes halogenated alkanes) is 11. The van der Waals surface area contributed by atoms with Gasteiger partial charge in [0.25, 0.3) is 0 Å². The fourth-order valence-corrected chi connectivity index (χ4v) is 2.08. The van der Waals surface area contributed by atoms with Gasteiger partial charge in [-0.25, -0.2) is 0 Å². The molecule has 0 unspecified atom stereocenters. The van der Waals surface area contributed by atoms with E-state index in [9.17, 15) is 4.79 Å². The van der Waals surface area contributed by atoms with Crippen molar-refractivity contribution in [1.82, 2.24) is 0 Å². The summed E-state index contributed by atoms with van der Waals surface area (Å²) in [6.07, 6.45) is 15.9. The maximum Gasteiger partial charge on any atom is 0.330 e. The van der Waals surface area contributed by atoms with Gasteiger partial charge in [-0.2, -0.15) is 4.89 Å². The third kappa shape index (κ3) is 15.4. The lowest BCUT2D eigenvalue weighted by Crippen LogP contribution is -1.94. The van der Waals surface area contributed by atoms with Gasteiger partial charge in [0, 0.05) is 0 Å². The lowest BCUT2D eigenvalue weighted by Gasteiger charge is -2.02. The first kappa shape index (κ1) is 17.4. The number of hydrogen-bond donors (Lipinski definition) is 0. The Morgan fingerprint density at radius 3 is 1.61 bits per heavy atom. The lowest BCUT2D eigenvalue weighted by molar-refractivity contribution is -0.259. The van der Waals surface area contributed by atoms with Crippen molar-refractivity contribution in [3.63, 3.8) is 0 Å². The highest BCUT2D eigenvalue weighted by molar-refractivity contribution is 5.35. The molecular formula is C15H30O3. The predicted octanol–water partition coefficient (Wildman–Crippen LogP) is 4.79. The average Bonchev–Trinajstić information content (AvgIpc) is 2.39. The van der Waals surface area contributed by atoms with Crippen LogP contribution in [0.3, 0.4) is 0 Å². The van der Waals surface area contributed by atoms with Crippen LogP contribution in [0.4, 0.5) is 0 Å². The van der Waals surface area contributed by atoms with E-state index >= 15 is 0 Å². The van der Waals surface area contributed by atoms with Crippen LogP contribution in [0.25, 0.3) is 0 Å². The van der Waals surface area contributed by atoms with E-state index in [-0.39, 0.29) is 0 Å². The first-order valence-electron chi connectivity index (χ1n) is 7.63. The molecule has 0 aliphatic rings. The minimum Gasteiger partial charge on any atom is -0.302 e. The number of carbonyl (C=O) groups is 1. The van der Waals surface area contributed by atoms with Gasteiger partial charge in [-0.3, -0.25) is 4.79 Å². The Morgan fingerprint density at radius 1 is 0.722 bits per heavy atom. The minimum absolute atomic E-state index is 0.320. The molecule has 0 saturated carbocycles. The molecule has 0 aliphatic carbocycles. The molecule has 108 valence electrons. The standard InChI is InChI=1S/C15H30O3/c1-2-3-4-5-6-7-8-9-10-11-12-13-14-17-18-15-16/h15H,2-14H2,1H3. The molecule has 0 aromatic rings. The summed E-state index contributed by atoms with van der Waals surface area (Å²) in [5, 5.41) is 0. The van der Waals surface area contributed by atoms with Gasteiger partial charge < -0.3 is 4.89 Å². The molecule has 0 aromatic heterocycles. The molecule has 0 atom stereocenters. The van der Waals surface area contributed by atoms with Gasteiger partial charge in [-0.15, -0.1) is 0 Å². The summed E-state index contributed by atoms with van der Waals surface area (Å²) < 4.78 is 0. The second-order valence-corrected chi connectivity index (χ2v) is 4.90. The van der Waals surface area contributed by atoms with Crippen LogP contribution >= 0.6 is 0 Å². The second kappa shape index (κ2) is 16.4. The van der Waals surface area contributed by atoms with Crippen molar-refractivity contribution in [2.45, 2.75) is 84.0 Å². The zero-order chi connectivity index (χ0) is 13.3. The van der Waals surface area contributed by atoms with Gasteiger partial charge in [0.1, 0.15) is 0 Å². The van der Waals surface area contributed by atoms with Gasteiger partial charge in [0.2, 0.25) is 0 Å². The summed E-state index contributed by atoms with van der Waals surface area (Å²) in [4.78, 5) is 18.5. The Kier molecular flexibility index (Phi) is 15.9. The summed E-state index contributed by atoms with van der Waals surface area (Å²) in [7, 11) is 0. The fourth-order valence-electron chi connectivity index (χ4n) is 2.08. The van der Waals surface area contributed by atoms with Gasteiger partial charge in [0.05, 0.1) is 6.61 Å². The summed E-state index contributed by atoms with van der Waals surface area (Å²) in [6, 6.07) is 0. The quantitative estimate of drug-likeness (QED) is 0.183. The first-order chi connectivity index (χ1) is 8.91. The number of rotatable bonds is 15. The Balaban J connectivity index is 2.88. The van der Waals surface area contributed by atoms with Crippen LogP contribution in [0.2, 0.25) is 0 Å². The Labute approximate surface area is 112 Å². The molecular weight excluding hydrogens is 228 g/mol. The Morgan fingerprint density at radius 2 is 1.17 bits per heavy atom. The maximum atomic E-state index is 9.78. The largest absolute Gasteiger partial charge is 0.330 e. The van der Waals surface area contributed by atoms with Crippen molar-refractivity contribution in [2.75, 3.05) is 6.61 Å². The van der Waals surface area contributed by atoms with Crippen LogP contribution in [0.15, 0.2) is 0 Å². The Bertz CT molecular complexity index is 160. The number of hydrogen-bond acceptors (Lipinski definition) is 3. The van der Waals surface area contributed by atoms with Crippen LogP contribution in [-0.2, 0) is 14.6 Å². The van der Waals surface area contributed by atoms with Gasteiger partial charge in [0.15, 0.2) is 0 Å². The fraction of sp³-hybridized carbons (Fsp3) is 0.933. The minimum atomic E-state index is 0.320. The van der Waals surface area contributed by atoms with Gasteiger partial charge in [-0.1, -0.05) is 77.6 Å². The van der Waals surface area contributed by atoms with E-state index in [1.807, 2.05) is 0 Å². The monoisotopic (exact) mass is 258 g/mol. The third-order valence-electron chi connectivity index (χ3n) is 3.19. The zero-order valence-electron chi connectivity index (χ0n) is 12.0. The molecule has 0 aromatic carbocycles. The van der Waals surface area contributed by atoms with E-state index in [1.54, 1.807) is 0 Å². The Hall–Kier alpha value is -0.570. The normalized spacial score (nSPS) is 10.5. The van der Waals surface area contributed by atoms with Crippen LogP contribution in [0.5, 0.6) is 0 Å². The molecule has 0 rings (SSSR count). The topological polar surface area (TPSA) is 35.5 Å². The summed E-state index contributed by atoms with van der Waals surface area (Å²) >= 11 is 0. The number of carbonyl (C=O) groups excluding carboxylic acids is 1. The first-order valence-corrected chi connectivity index (χ1v) is 7.63. The molecule has 0 heterocycles. The van der Waals surface area contributed by atoms with Crippen molar-refractivity contribution in [2.24, 2.45) is 0 Å². The van der Waals surface area contributed by atoms with Gasteiger partial charge in [-0.05, 0) is 6.42 Å². The van der Waals surface area contributed by atoms with Crippen LogP contribution in [0.1, 0.15) is 84.0 Å². The van der Waals surface area contributed by atoms with Crippen LogP contribution < -0.4 is 0 Å². The molecule has 18 heavy (non-hydrogen) atoms. The maximum absolute atomic E-state index is 9.78. The smallest absolute Gasteiger partial charge is 0.302 e. The predicted molar refractivity (Wildman–Crippen MR) is 74.2 cm³/mol. The molecule has 0 radical (unpaired) electrons. The SMILES string of the molecule is CCCCCCCCCCCCCCOOC=O. The van der Waals surface area contributed by atoms with E-state index in [1.165, 1.54) is 70.6 Å². The molecule has 0 bridgehead atoms. The van der Waals surface area contributed by atoms with E-state index in [0.717, 1.165) is 6.42 Å². The van der Waals surface area contributed by atoms with Crippen LogP contribution in [-0.4, -0.2) is 13.1 Å². The van der Waals surface area contributed by atoms with Crippen molar-refractivity contribution in [3.8, 4) is 0 Å². The molecule has 3 nitrogen and oxygen atoms in total. The van der Waals surface area contributed by atoms with E-state index < -0.39 is 0 Å². The average molecular weight is 258 g/mol. The highest BCUT2D eigenvalue weighted by Gasteiger charge is 1.93. The molecule has 0 spiro atoms. The van der Waals surface area contributed by atoms with Crippen molar-refractivity contribution < 1.29 is 14.6 Å². The zero-order valence-corrected chi connectivity index (χ0v) is 12.0. The molecule has 0 fully saturated rings. The summed E-state index contributed by atoms with van der Waals surface area (Å²) in [5.41, 5.74) is 0. The summed E-state index contributed by atoms with van der Waals surface area (Å²) in [5.74, 6) is 0. The second-order valence-electron chi connectivity index (χ2n) is 4.90. The van der Waals surface area contributed by atoms with E-state index in [2.05, 4.69) is 16.7 Å². The van der Waals surface area contributed by atoms with Crippen LogP contribution in [0, 0.1) is 0 Å². The molecule has 3 heteroatoms. The van der Waals surface area contributed by atoms with E-state index in [0.29, 0.717) is 13.1 Å².